The highest BCUT2D eigenvalue weighted by molar-refractivity contribution is 6.74. The first-order valence-electron chi connectivity index (χ1n) is 6.32. The van der Waals surface area contributed by atoms with Crippen molar-refractivity contribution in [3.05, 3.63) is 0 Å². The van der Waals surface area contributed by atoms with Gasteiger partial charge in [0.2, 0.25) is 16.6 Å². The molecule has 0 aromatic carbocycles. The van der Waals surface area contributed by atoms with Gasteiger partial charge < -0.3 is 9.05 Å². The summed E-state index contributed by atoms with van der Waals surface area (Å²) >= 11 is 0. The quantitative estimate of drug-likeness (QED) is 0.608. The van der Waals surface area contributed by atoms with Gasteiger partial charge in [-0.25, -0.2) is 0 Å². The third kappa shape index (κ3) is 4.83. The van der Waals surface area contributed by atoms with E-state index in [9.17, 15) is 0 Å². The minimum absolute atomic E-state index is 0.191. The van der Waals surface area contributed by atoms with Gasteiger partial charge >= 0.3 is 0 Å². The van der Waals surface area contributed by atoms with Crippen LogP contribution in [0.2, 0.25) is 36.3 Å². The second kappa shape index (κ2) is 5.13. The van der Waals surface area contributed by atoms with Crippen molar-refractivity contribution in [3.8, 4) is 0 Å². The summed E-state index contributed by atoms with van der Waals surface area (Å²) in [7, 11) is -3.56. The molecule has 5 heteroatoms. The average molecular weight is 278 g/mol. The molecule has 1 N–H and O–H groups in total. The maximum atomic E-state index is 5.83. The van der Waals surface area contributed by atoms with Crippen molar-refractivity contribution in [3.63, 3.8) is 0 Å². The maximum absolute atomic E-state index is 5.83. The molecule has 0 unspecified atom stereocenters. The molecule has 0 amide bonds. The van der Waals surface area contributed by atoms with E-state index in [1.165, 1.54) is 0 Å². The fraction of sp³-hybridized carbons (Fsp3) is 1.00. The van der Waals surface area contributed by atoms with Crippen molar-refractivity contribution in [2.24, 2.45) is 0 Å². The molecule has 0 saturated heterocycles. The first-order chi connectivity index (χ1) is 7.21. The average Bonchev–Trinajstić information content (AvgIpc) is 1.98. The number of hydrogen-bond donors (Lipinski definition) is 1. The van der Waals surface area contributed by atoms with E-state index < -0.39 is 16.6 Å². The van der Waals surface area contributed by atoms with Crippen LogP contribution < -0.4 is 5.64 Å². The fourth-order valence-corrected chi connectivity index (χ4v) is 1.73. The van der Waals surface area contributed by atoms with Crippen LogP contribution in [0.25, 0.3) is 0 Å². The molecule has 0 rings (SSSR count). The molecule has 0 spiro atoms. The van der Waals surface area contributed by atoms with Gasteiger partial charge in [0, 0.05) is 0 Å². The largest absolute Gasteiger partial charge is 0.323 e. The van der Waals surface area contributed by atoms with E-state index in [2.05, 4.69) is 73.4 Å². The summed E-state index contributed by atoms with van der Waals surface area (Å²) in [5.74, 6) is 0. The Morgan fingerprint density at radius 3 is 1.06 bits per heavy atom. The summed E-state index contributed by atoms with van der Waals surface area (Å²) in [6.07, 6.45) is 0. The van der Waals surface area contributed by atoms with Gasteiger partial charge in [-0.2, -0.15) is 0 Å². The molecule has 0 bridgehead atoms. The molecule has 0 aliphatic rings. The van der Waals surface area contributed by atoms with Crippen molar-refractivity contribution in [2.45, 2.75) is 77.8 Å². The summed E-state index contributed by atoms with van der Waals surface area (Å²) in [6.45, 7) is 22.1. The molecule has 3 nitrogen and oxygen atoms in total. The molecule has 0 aromatic heterocycles. The highest BCUT2D eigenvalue weighted by Gasteiger charge is 2.41. The van der Waals surface area contributed by atoms with Crippen molar-refractivity contribution in [2.75, 3.05) is 0 Å². The Morgan fingerprint density at radius 1 is 0.647 bits per heavy atom. The monoisotopic (exact) mass is 277 g/mol. The molecule has 0 radical (unpaired) electrons. The standard InChI is InChI=1S/C12H31NO2Si2/c1-11(2,3)16(7,8)14-13-15-17(9,10)12(4,5)6/h13H,1-10H3. The van der Waals surface area contributed by atoms with Crippen LogP contribution in [0.1, 0.15) is 41.5 Å². The molecule has 0 aliphatic carbocycles. The summed E-state index contributed by atoms with van der Waals surface area (Å²) in [4.78, 5) is 0. The normalized spacial score (nSPS) is 15.2. The van der Waals surface area contributed by atoms with E-state index in [1.54, 1.807) is 0 Å². The number of rotatable bonds is 4. The Hall–Kier alpha value is 0.314. The van der Waals surface area contributed by atoms with E-state index in [0.717, 1.165) is 0 Å². The van der Waals surface area contributed by atoms with E-state index in [0.29, 0.717) is 0 Å². The van der Waals surface area contributed by atoms with Crippen molar-refractivity contribution < 1.29 is 9.05 Å². The van der Waals surface area contributed by atoms with Gasteiger partial charge in [-0.05, 0) is 36.3 Å². The van der Waals surface area contributed by atoms with Gasteiger partial charge in [0.15, 0.2) is 0 Å². The predicted octanol–water partition coefficient (Wildman–Crippen LogP) is 4.45. The van der Waals surface area contributed by atoms with Crippen LogP contribution in [-0.2, 0) is 9.05 Å². The second-order valence-corrected chi connectivity index (χ2v) is 17.3. The highest BCUT2D eigenvalue weighted by Crippen LogP contribution is 2.38. The van der Waals surface area contributed by atoms with E-state index >= 15 is 0 Å². The molecule has 0 aliphatic heterocycles. The third-order valence-electron chi connectivity index (χ3n) is 4.21. The zero-order valence-corrected chi connectivity index (χ0v) is 15.3. The molecule has 104 valence electrons. The molecule has 0 fully saturated rings. The van der Waals surface area contributed by atoms with E-state index in [-0.39, 0.29) is 10.1 Å². The Bertz CT molecular complexity index is 226. The topological polar surface area (TPSA) is 30.5 Å². The summed E-state index contributed by atoms with van der Waals surface area (Å²) in [5, 5.41) is 0.383. The minimum atomic E-state index is -1.78. The first-order valence-corrected chi connectivity index (χ1v) is 12.1. The maximum Gasteiger partial charge on any atom is 0.223 e. The summed E-state index contributed by atoms with van der Waals surface area (Å²) in [6, 6.07) is 0. The van der Waals surface area contributed by atoms with Crippen molar-refractivity contribution in [1.82, 2.24) is 5.64 Å². The molecule has 17 heavy (non-hydrogen) atoms. The lowest BCUT2D eigenvalue weighted by Gasteiger charge is -2.39. The van der Waals surface area contributed by atoms with Gasteiger partial charge in [0.05, 0.1) is 0 Å². The van der Waals surface area contributed by atoms with E-state index in [4.69, 9.17) is 9.05 Å². The Balaban J connectivity index is 4.36. The smallest absolute Gasteiger partial charge is 0.223 e. The van der Waals surface area contributed by atoms with Crippen LogP contribution in [0, 0.1) is 0 Å². The number of nitrogens with one attached hydrogen (secondary N) is 1. The molecular weight excluding hydrogens is 246 g/mol. The first kappa shape index (κ1) is 17.3. The lowest BCUT2D eigenvalue weighted by atomic mass is 10.2. The Labute approximate surface area is 109 Å². The van der Waals surface area contributed by atoms with Crippen molar-refractivity contribution >= 4 is 16.6 Å². The second-order valence-electron chi connectivity index (χ2n) is 7.81. The van der Waals surface area contributed by atoms with Gasteiger partial charge in [-0.3, -0.25) is 0 Å². The third-order valence-corrected chi connectivity index (χ3v) is 12.6. The minimum Gasteiger partial charge on any atom is -0.323 e. The molecule has 0 atom stereocenters. The Kier molecular flexibility index (Phi) is 5.22. The van der Waals surface area contributed by atoms with Crippen LogP contribution in [0.4, 0.5) is 0 Å². The number of hydrogen-bond acceptors (Lipinski definition) is 3. The van der Waals surface area contributed by atoms with Crippen LogP contribution in [-0.4, -0.2) is 16.6 Å². The Morgan fingerprint density at radius 2 is 0.882 bits per heavy atom. The summed E-state index contributed by atoms with van der Waals surface area (Å²) in [5.41, 5.74) is 2.80. The van der Waals surface area contributed by atoms with Gasteiger partial charge in [0.1, 0.15) is 0 Å². The van der Waals surface area contributed by atoms with Gasteiger partial charge in [0.25, 0.3) is 0 Å². The van der Waals surface area contributed by atoms with Crippen LogP contribution in [0.15, 0.2) is 0 Å². The molecule has 0 saturated carbocycles. The van der Waals surface area contributed by atoms with Crippen LogP contribution in [0.3, 0.4) is 0 Å². The van der Waals surface area contributed by atoms with Gasteiger partial charge in [-0.15, -0.1) is 5.64 Å². The molecule has 0 aromatic rings. The van der Waals surface area contributed by atoms with Crippen molar-refractivity contribution in [1.29, 1.82) is 0 Å². The zero-order chi connectivity index (χ0) is 14.1. The summed E-state index contributed by atoms with van der Waals surface area (Å²) < 4.78 is 11.7. The molecular formula is C12H31NO2Si2. The SMILES string of the molecule is CC(C)(C)[Si](C)(C)ONO[Si](C)(C)C(C)(C)C. The van der Waals surface area contributed by atoms with Crippen LogP contribution >= 0.6 is 0 Å². The predicted molar refractivity (Wildman–Crippen MR) is 79.7 cm³/mol. The fourth-order valence-electron chi connectivity index (χ4n) is 0.535. The van der Waals surface area contributed by atoms with Crippen LogP contribution in [0.5, 0.6) is 0 Å². The molecule has 0 heterocycles. The lowest BCUT2D eigenvalue weighted by molar-refractivity contribution is -0.0425. The van der Waals surface area contributed by atoms with Gasteiger partial charge in [-0.1, -0.05) is 41.5 Å². The zero-order valence-electron chi connectivity index (χ0n) is 13.3. The highest BCUT2D eigenvalue weighted by atomic mass is 28.4. The lowest BCUT2D eigenvalue weighted by Crippen LogP contribution is -2.50. The van der Waals surface area contributed by atoms with E-state index in [1.807, 2.05) is 0 Å².